The molecule has 0 aliphatic carbocycles. The Bertz CT molecular complexity index is 1420. The molecule has 1 N–H and O–H groups in total. The van der Waals surface area contributed by atoms with E-state index in [1.165, 1.54) is 6.33 Å². The molecule has 0 amide bonds. The first-order valence-electron chi connectivity index (χ1n) is 9.76. The smallest absolute Gasteiger partial charge is 0.163 e. The largest absolute Gasteiger partial charge is 0.493 e. The minimum absolute atomic E-state index is 0.323. The first-order chi connectivity index (χ1) is 16.1. The predicted octanol–water partition coefficient (Wildman–Crippen LogP) is 7.45. The van der Waals surface area contributed by atoms with E-state index in [-0.39, 0.29) is 0 Å². The average molecular weight is 515 g/mol. The van der Waals surface area contributed by atoms with Gasteiger partial charge in [-0.1, -0.05) is 29.3 Å². The predicted molar refractivity (Wildman–Crippen MR) is 136 cm³/mol. The lowest BCUT2D eigenvalue weighted by molar-refractivity contribution is 0.282. The number of hydrogen-bond acceptors (Lipinski definition) is 8. The van der Waals surface area contributed by atoms with E-state index in [0.29, 0.717) is 39.5 Å². The topological polar surface area (TPSA) is 69.2 Å². The Morgan fingerprint density at radius 1 is 1.00 bits per heavy atom. The van der Waals surface area contributed by atoms with Crippen molar-refractivity contribution in [2.75, 3.05) is 12.4 Å². The Morgan fingerprint density at radius 2 is 1.91 bits per heavy atom. The second-order valence-corrected chi connectivity index (χ2v) is 9.53. The lowest BCUT2D eigenvalue weighted by Gasteiger charge is -2.13. The maximum atomic E-state index is 6.14. The van der Waals surface area contributed by atoms with Crippen LogP contribution in [0.3, 0.4) is 0 Å². The van der Waals surface area contributed by atoms with Crippen molar-refractivity contribution in [1.82, 2.24) is 15.0 Å². The summed E-state index contributed by atoms with van der Waals surface area (Å²) in [7, 11) is 1.60. The number of thiophene rings is 1. The van der Waals surface area contributed by atoms with E-state index < -0.39 is 0 Å². The molecule has 5 aromatic rings. The third kappa shape index (κ3) is 4.74. The molecule has 0 bridgehead atoms. The van der Waals surface area contributed by atoms with Crippen molar-refractivity contribution >= 4 is 68.3 Å². The number of thiazole rings is 1. The van der Waals surface area contributed by atoms with E-state index in [4.69, 9.17) is 32.7 Å². The van der Waals surface area contributed by atoms with Crippen LogP contribution in [0.5, 0.6) is 11.5 Å². The highest BCUT2D eigenvalue weighted by molar-refractivity contribution is 7.20. The molecule has 0 aliphatic rings. The second-order valence-electron chi connectivity index (χ2n) is 6.91. The zero-order valence-electron chi connectivity index (χ0n) is 17.2. The van der Waals surface area contributed by atoms with Crippen LogP contribution in [0.25, 0.3) is 20.8 Å². The molecule has 0 saturated carbocycles. The van der Waals surface area contributed by atoms with Crippen LogP contribution in [0, 0.1) is 0 Å². The Kier molecular flexibility index (Phi) is 6.32. The summed E-state index contributed by atoms with van der Waals surface area (Å²) in [6.45, 7) is 0.323. The lowest BCUT2D eigenvalue weighted by atomic mass is 10.2. The van der Waals surface area contributed by atoms with E-state index in [1.807, 2.05) is 35.0 Å². The van der Waals surface area contributed by atoms with Crippen molar-refractivity contribution < 1.29 is 9.47 Å². The summed E-state index contributed by atoms with van der Waals surface area (Å²) >= 11 is 15.4. The summed E-state index contributed by atoms with van der Waals surface area (Å²) in [5.41, 5.74) is 2.32. The number of anilines is 2. The van der Waals surface area contributed by atoms with Gasteiger partial charge in [0.1, 0.15) is 23.8 Å². The summed E-state index contributed by atoms with van der Waals surface area (Å²) in [5.74, 6) is 1.77. The summed E-state index contributed by atoms with van der Waals surface area (Å²) in [5, 5.41) is 10.0. The SMILES string of the molecule is COc1cc2c(Nc3ccc(Cl)c(Cl)c3)ncnc2cc1OCc1csc(-c2cccs2)n1. The van der Waals surface area contributed by atoms with Crippen LogP contribution in [-0.2, 0) is 6.61 Å². The van der Waals surface area contributed by atoms with Crippen molar-refractivity contribution in [2.45, 2.75) is 6.61 Å². The molecule has 10 heteroatoms. The van der Waals surface area contributed by atoms with Crippen molar-refractivity contribution in [3.05, 3.63) is 75.3 Å². The van der Waals surface area contributed by atoms with Gasteiger partial charge in [0.15, 0.2) is 11.5 Å². The van der Waals surface area contributed by atoms with E-state index in [1.54, 1.807) is 41.9 Å². The zero-order chi connectivity index (χ0) is 22.8. The fourth-order valence-electron chi connectivity index (χ4n) is 3.18. The van der Waals surface area contributed by atoms with Crippen molar-refractivity contribution in [3.8, 4) is 21.4 Å². The molecule has 0 saturated heterocycles. The Balaban J connectivity index is 1.40. The maximum absolute atomic E-state index is 6.14. The van der Waals surface area contributed by atoms with E-state index >= 15 is 0 Å². The van der Waals surface area contributed by atoms with Gasteiger partial charge in [-0.2, -0.15) is 0 Å². The Hall–Kier alpha value is -2.91. The van der Waals surface area contributed by atoms with Crippen LogP contribution in [-0.4, -0.2) is 22.1 Å². The minimum atomic E-state index is 0.323. The molecular formula is C23H16Cl2N4O2S2. The van der Waals surface area contributed by atoms with Gasteiger partial charge in [0, 0.05) is 22.5 Å². The summed E-state index contributed by atoms with van der Waals surface area (Å²) in [6, 6.07) is 13.1. The molecule has 0 fully saturated rings. The van der Waals surface area contributed by atoms with Gasteiger partial charge >= 0.3 is 0 Å². The second kappa shape index (κ2) is 9.52. The highest BCUT2D eigenvalue weighted by atomic mass is 35.5. The van der Waals surface area contributed by atoms with Crippen molar-refractivity contribution in [1.29, 1.82) is 0 Å². The molecule has 166 valence electrons. The molecule has 33 heavy (non-hydrogen) atoms. The molecule has 0 unspecified atom stereocenters. The maximum Gasteiger partial charge on any atom is 0.163 e. The number of hydrogen-bond donors (Lipinski definition) is 1. The van der Waals surface area contributed by atoms with Gasteiger partial charge in [-0.3, -0.25) is 0 Å². The molecule has 0 aliphatic heterocycles. The zero-order valence-corrected chi connectivity index (χ0v) is 20.4. The molecule has 6 nitrogen and oxygen atoms in total. The highest BCUT2D eigenvalue weighted by Crippen LogP contribution is 2.36. The number of fused-ring (bicyclic) bond motifs is 1. The monoisotopic (exact) mass is 514 g/mol. The Labute approximate surface area is 207 Å². The third-order valence-corrected chi connectivity index (χ3v) is 7.43. The molecular weight excluding hydrogens is 499 g/mol. The quantitative estimate of drug-likeness (QED) is 0.243. The summed E-state index contributed by atoms with van der Waals surface area (Å²) in [4.78, 5) is 14.6. The molecule has 0 spiro atoms. The first-order valence-corrected chi connectivity index (χ1v) is 12.3. The number of aromatic nitrogens is 3. The van der Waals surface area contributed by atoms with Crippen LogP contribution in [0.15, 0.2) is 59.6 Å². The minimum Gasteiger partial charge on any atom is -0.493 e. The number of ether oxygens (including phenoxy) is 2. The van der Waals surface area contributed by atoms with Gasteiger partial charge in [0.2, 0.25) is 0 Å². The van der Waals surface area contributed by atoms with Gasteiger partial charge in [-0.15, -0.1) is 22.7 Å². The van der Waals surface area contributed by atoms with Crippen molar-refractivity contribution in [2.24, 2.45) is 0 Å². The molecule has 3 heterocycles. The number of nitrogens with one attached hydrogen (secondary N) is 1. The molecule has 0 atom stereocenters. The number of nitrogens with zero attached hydrogens (tertiary/aromatic N) is 3. The Morgan fingerprint density at radius 3 is 2.70 bits per heavy atom. The summed E-state index contributed by atoms with van der Waals surface area (Å²) in [6.07, 6.45) is 1.49. The van der Waals surface area contributed by atoms with Crippen LogP contribution in [0.1, 0.15) is 5.69 Å². The molecule has 0 radical (unpaired) electrons. The van der Waals surface area contributed by atoms with E-state index in [0.717, 1.165) is 26.7 Å². The van der Waals surface area contributed by atoms with Crippen molar-refractivity contribution in [3.63, 3.8) is 0 Å². The van der Waals surface area contributed by atoms with Gasteiger partial charge in [0.25, 0.3) is 0 Å². The van der Waals surface area contributed by atoms with Crippen LogP contribution in [0.2, 0.25) is 10.0 Å². The van der Waals surface area contributed by atoms with Crippen LogP contribution in [0.4, 0.5) is 11.5 Å². The first kappa shape index (κ1) is 21.9. The average Bonchev–Trinajstić information content (AvgIpc) is 3.52. The number of halogens is 2. The standard InChI is InChI=1S/C23H16Cl2N4O2S2/c1-30-19-8-15-18(26-12-27-22(15)28-13-4-5-16(24)17(25)7-13)9-20(19)31-10-14-11-33-23(29-14)21-3-2-6-32-21/h2-9,11-12H,10H2,1H3,(H,26,27,28). The van der Waals surface area contributed by atoms with Crippen LogP contribution < -0.4 is 14.8 Å². The van der Waals surface area contributed by atoms with Gasteiger partial charge in [0.05, 0.1) is 33.2 Å². The highest BCUT2D eigenvalue weighted by Gasteiger charge is 2.14. The molecule has 2 aromatic carbocycles. The van der Waals surface area contributed by atoms with E-state index in [2.05, 4.69) is 26.3 Å². The normalized spacial score (nSPS) is 11.0. The van der Waals surface area contributed by atoms with Crippen LogP contribution >= 0.6 is 45.9 Å². The third-order valence-electron chi connectivity index (χ3n) is 4.76. The number of methoxy groups -OCH3 is 1. The van der Waals surface area contributed by atoms with Gasteiger partial charge in [-0.25, -0.2) is 15.0 Å². The molecule has 3 aromatic heterocycles. The number of benzene rings is 2. The fraction of sp³-hybridized carbons (Fsp3) is 0.0870. The van der Waals surface area contributed by atoms with E-state index in [9.17, 15) is 0 Å². The summed E-state index contributed by atoms with van der Waals surface area (Å²) < 4.78 is 11.6. The van der Waals surface area contributed by atoms with Gasteiger partial charge in [-0.05, 0) is 35.7 Å². The fourth-order valence-corrected chi connectivity index (χ4v) is 5.10. The van der Waals surface area contributed by atoms with Gasteiger partial charge < -0.3 is 14.8 Å². The number of rotatable bonds is 7. The molecule has 5 rings (SSSR count). The lowest BCUT2D eigenvalue weighted by Crippen LogP contribution is -2.00.